The van der Waals surface area contributed by atoms with Crippen molar-refractivity contribution >= 4 is 78.9 Å². The Bertz CT molecular complexity index is 953. The molecule has 2 heterocycles. The summed E-state index contributed by atoms with van der Waals surface area (Å²) < 4.78 is 16.5. The van der Waals surface area contributed by atoms with E-state index in [9.17, 15) is 14.3 Å². The molecule has 4 rings (SSSR count). The van der Waals surface area contributed by atoms with Gasteiger partial charge in [0.2, 0.25) is 0 Å². The van der Waals surface area contributed by atoms with Crippen LogP contribution in [0.5, 0.6) is 0 Å². The SMILES string of the molecule is O=C(O)c1cc(C2CC2)c2nc(-c3ccc(Br)cc3F)cn2c1.[KH]. The van der Waals surface area contributed by atoms with Crippen molar-refractivity contribution in [3.05, 3.63) is 58.1 Å². The molecule has 1 aliphatic rings. The Morgan fingerprint density at radius 1 is 1.29 bits per heavy atom. The molecule has 1 N–H and O–H groups in total. The van der Waals surface area contributed by atoms with Gasteiger partial charge in [0.05, 0.1) is 11.3 Å². The predicted molar refractivity (Wildman–Crippen MR) is 94.4 cm³/mol. The average Bonchev–Trinajstić information content (AvgIpc) is 3.25. The van der Waals surface area contributed by atoms with Gasteiger partial charge < -0.3 is 9.51 Å². The Labute approximate surface area is 188 Å². The summed E-state index contributed by atoms with van der Waals surface area (Å²) in [6, 6.07) is 6.50. The molecule has 7 heteroatoms. The molecular weight excluding hydrogens is 402 g/mol. The standard InChI is InChI=1S/C17H12BrFN2O2.K.H/c18-11-3-4-12(14(19)6-11)15-8-21-7-10(17(22)23)5-13(9-1-2-9)16(21)20-15;;/h3-9H,1-2H2,(H,22,23);;. The zero-order chi connectivity index (χ0) is 16.1. The molecule has 0 bridgehead atoms. The fourth-order valence-corrected chi connectivity index (χ4v) is 3.10. The fraction of sp³-hybridized carbons (Fsp3) is 0.176. The number of imidazole rings is 1. The first-order valence-electron chi connectivity index (χ1n) is 7.24. The Kier molecular flexibility index (Phi) is 5.29. The predicted octanol–water partition coefficient (Wildman–Crippen LogP) is 3.83. The number of carbonyl (C=O) groups is 1. The summed E-state index contributed by atoms with van der Waals surface area (Å²) in [6.45, 7) is 0. The average molecular weight is 415 g/mol. The summed E-state index contributed by atoms with van der Waals surface area (Å²) in [4.78, 5) is 15.9. The maximum atomic E-state index is 14.2. The van der Waals surface area contributed by atoms with E-state index in [1.54, 1.807) is 28.8 Å². The minimum absolute atomic E-state index is 0. The van der Waals surface area contributed by atoms with Gasteiger partial charge in [-0.25, -0.2) is 14.2 Å². The van der Waals surface area contributed by atoms with Gasteiger partial charge in [-0.3, -0.25) is 0 Å². The van der Waals surface area contributed by atoms with E-state index < -0.39 is 5.97 Å². The second kappa shape index (κ2) is 6.97. The van der Waals surface area contributed by atoms with Crippen LogP contribution in [0.3, 0.4) is 0 Å². The zero-order valence-electron chi connectivity index (χ0n) is 12.0. The molecule has 118 valence electrons. The van der Waals surface area contributed by atoms with Gasteiger partial charge in [-0.15, -0.1) is 0 Å². The first-order valence-corrected chi connectivity index (χ1v) is 8.03. The van der Waals surface area contributed by atoms with Crippen LogP contribution in [-0.4, -0.2) is 71.8 Å². The van der Waals surface area contributed by atoms with E-state index in [1.807, 2.05) is 0 Å². The van der Waals surface area contributed by atoms with Crippen molar-refractivity contribution < 1.29 is 14.3 Å². The number of aromatic carboxylic acids is 1. The normalized spacial score (nSPS) is 13.8. The van der Waals surface area contributed by atoms with E-state index in [-0.39, 0.29) is 62.8 Å². The molecule has 1 fully saturated rings. The number of hydrogen-bond acceptors (Lipinski definition) is 2. The summed E-state index contributed by atoms with van der Waals surface area (Å²) in [5.74, 6) is -0.991. The number of halogens is 2. The molecule has 1 saturated carbocycles. The van der Waals surface area contributed by atoms with Crippen molar-refractivity contribution in [1.29, 1.82) is 0 Å². The van der Waals surface area contributed by atoms with Crippen LogP contribution in [0.2, 0.25) is 0 Å². The molecule has 0 aliphatic heterocycles. The summed E-state index contributed by atoms with van der Waals surface area (Å²) in [5, 5.41) is 9.27. The van der Waals surface area contributed by atoms with Crippen LogP contribution in [0.1, 0.15) is 34.7 Å². The van der Waals surface area contributed by atoms with Crippen LogP contribution >= 0.6 is 15.9 Å². The van der Waals surface area contributed by atoms with Gasteiger partial charge in [0.25, 0.3) is 0 Å². The van der Waals surface area contributed by atoms with Gasteiger partial charge in [-0.1, -0.05) is 15.9 Å². The second-order valence-electron chi connectivity index (χ2n) is 5.74. The molecule has 0 radical (unpaired) electrons. The molecular formula is C17H13BrFKN2O2. The van der Waals surface area contributed by atoms with Crippen molar-refractivity contribution in [2.45, 2.75) is 18.8 Å². The van der Waals surface area contributed by atoms with Crippen LogP contribution in [-0.2, 0) is 0 Å². The maximum absolute atomic E-state index is 14.2. The van der Waals surface area contributed by atoms with Crippen molar-refractivity contribution in [3.8, 4) is 11.3 Å². The Morgan fingerprint density at radius 2 is 2.04 bits per heavy atom. The Morgan fingerprint density at radius 3 is 2.67 bits per heavy atom. The minimum atomic E-state index is -0.973. The molecule has 0 atom stereocenters. The second-order valence-corrected chi connectivity index (χ2v) is 6.66. The van der Waals surface area contributed by atoms with Gasteiger partial charge in [-0.2, -0.15) is 0 Å². The molecule has 0 saturated heterocycles. The summed E-state index contributed by atoms with van der Waals surface area (Å²) in [6.07, 6.45) is 5.28. The molecule has 3 aromatic rings. The number of aromatic nitrogens is 2. The number of carboxylic acids is 1. The van der Waals surface area contributed by atoms with E-state index in [0.29, 0.717) is 27.3 Å². The van der Waals surface area contributed by atoms with Crippen molar-refractivity contribution in [2.75, 3.05) is 0 Å². The molecule has 2 aromatic heterocycles. The van der Waals surface area contributed by atoms with E-state index in [4.69, 9.17) is 0 Å². The molecule has 1 aliphatic carbocycles. The molecule has 0 spiro atoms. The van der Waals surface area contributed by atoms with Crippen LogP contribution < -0.4 is 0 Å². The molecule has 1 aromatic carbocycles. The third-order valence-electron chi connectivity index (χ3n) is 4.05. The van der Waals surface area contributed by atoms with Gasteiger partial charge in [0, 0.05) is 22.4 Å². The van der Waals surface area contributed by atoms with Crippen molar-refractivity contribution in [3.63, 3.8) is 0 Å². The summed E-state index contributed by atoms with van der Waals surface area (Å²) in [5.41, 5.74) is 2.75. The van der Waals surface area contributed by atoms with Crippen LogP contribution in [0, 0.1) is 5.82 Å². The van der Waals surface area contributed by atoms with Crippen LogP contribution in [0.15, 0.2) is 41.1 Å². The number of fused-ring (bicyclic) bond motifs is 1. The van der Waals surface area contributed by atoms with Crippen LogP contribution in [0.4, 0.5) is 4.39 Å². The first-order chi connectivity index (χ1) is 11.0. The van der Waals surface area contributed by atoms with E-state index >= 15 is 0 Å². The van der Waals surface area contributed by atoms with E-state index in [1.165, 1.54) is 12.3 Å². The fourth-order valence-electron chi connectivity index (χ4n) is 2.76. The number of pyridine rings is 1. The monoisotopic (exact) mass is 414 g/mol. The summed E-state index contributed by atoms with van der Waals surface area (Å²) >= 11 is 3.24. The molecule has 0 amide bonds. The van der Waals surface area contributed by atoms with E-state index in [2.05, 4.69) is 20.9 Å². The van der Waals surface area contributed by atoms with Gasteiger partial charge in [0.1, 0.15) is 11.5 Å². The topological polar surface area (TPSA) is 54.6 Å². The van der Waals surface area contributed by atoms with Gasteiger partial charge >= 0.3 is 57.4 Å². The quantitative estimate of drug-likeness (QED) is 0.662. The molecule has 24 heavy (non-hydrogen) atoms. The third-order valence-corrected chi connectivity index (χ3v) is 4.54. The Hall–Kier alpha value is -0.574. The Balaban J connectivity index is 0.00000169. The van der Waals surface area contributed by atoms with Gasteiger partial charge in [-0.05, 0) is 48.6 Å². The number of benzene rings is 1. The number of carboxylic acid groups (broad SMARTS) is 1. The zero-order valence-corrected chi connectivity index (χ0v) is 13.5. The number of hydrogen-bond donors (Lipinski definition) is 1. The van der Waals surface area contributed by atoms with Crippen LogP contribution in [0.25, 0.3) is 16.9 Å². The summed E-state index contributed by atoms with van der Waals surface area (Å²) in [7, 11) is 0. The van der Waals surface area contributed by atoms with Gasteiger partial charge in [0.15, 0.2) is 0 Å². The first kappa shape index (κ1) is 18.2. The van der Waals surface area contributed by atoms with E-state index in [0.717, 1.165) is 18.4 Å². The number of nitrogens with zero attached hydrogens (tertiary/aromatic N) is 2. The van der Waals surface area contributed by atoms with Crippen molar-refractivity contribution in [2.24, 2.45) is 0 Å². The molecule has 4 nitrogen and oxygen atoms in total. The number of rotatable bonds is 3. The van der Waals surface area contributed by atoms with Crippen molar-refractivity contribution in [1.82, 2.24) is 9.38 Å². The third kappa shape index (κ3) is 3.38. The molecule has 0 unspecified atom stereocenters.